The Labute approximate surface area is 143 Å². The molecule has 1 unspecified atom stereocenters. The van der Waals surface area contributed by atoms with Crippen LogP contribution in [-0.2, 0) is 11.3 Å². The molecule has 3 amide bonds. The molecule has 8 heteroatoms. The minimum Gasteiger partial charge on any atom is -0.323 e. The standard InChI is InChI=1S/C16H19N5O2S/c1-16(14(22)17-15(23)18-16)11-4-6-21(7-5-11)9-10-2-3-12-13(8-10)20-24-19-12/h2-3,8,11H,4-7,9H2,1H3,(H2,17,18,22,23). The van der Waals surface area contributed by atoms with Gasteiger partial charge in [0.2, 0.25) is 0 Å². The number of hydrogen-bond donors (Lipinski definition) is 2. The van der Waals surface area contributed by atoms with E-state index in [9.17, 15) is 9.59 Å². The average molecular weight is 345 g/mol. The van der Waals surface area contributed by atoms with Gasteiger partial charge in [0.1, 0.15) is 16.6 Å². The van der Waals surface area contributed by atoms with Crippen LogP contribution in [0.15, 0.2) is 18.2 Å². The number of nitrogens with one attached hydrogen (secondary N) is 2. The van der Waals surface area contributed by atoms with Crippen molar-refractivity contribution >= 4 is 34.7 Å². The van der Waals surface area contributed by atoms with Crippen LogP contribution in [0.2, 0.25) is 0 Å². The summed E-state index contributed by atoms with van der Waals surface area (Å²) in [5.74, 6) is -0.0298. The van der Waals surface area contributed by atoms with E-state index in [1.165, 1.54) is 17.3 Å². The third-order valence-electron chi connectivity index (χ3n) is 5.20. The zero-order valence-corrected chi connectivity index (χ0v) is 14.2. The number of carbonyl (C=O) groups is 2. The quantitative estimate of drug-likeness (QED) is 0.823. The number of benzene rings is 1. The van der Waals surface area contributed by atoms with E-state index in [1.807, 2.05) is 13.0 Å². The van der Waals surface area contributed by atoms with Gasteiger partial charge in [-0.15, -0.1) is 0 Å². The van der Waals surface area contributed by atoms with Crippen molar-refractivity contribution in [1.82, 2.24) is 24.3 Å². The Hall–Kier alpha value is -2.06. The third-order valence-corrected chi connectivity index (χ3v) is 5.76. The number of aromatic nitrogens is 2. The van der Waals surface area contributed by atoms with Crippen LogP contribution in [0.5, 0.6) is 0 Å². The number of hydrogen-bond acceptors (Lipinski definition) is 6. The number of amides is 3. The van der Waals surface area contributed by atoms with E-state index in [2.05, 4.69) is 36.4 Å². The summed E-state index contributed by atoms with van der Waals surface area (Å²) >= 11 is 1.24. The van der Waals surface area contributed by atoms with Crippen LogP contribution in [-0.4, -0.2) is 44.2 Å². The zero-order chi connectivity index (χ0) is 16.7. The third kappa shape index (κ3) is 2.65. The minimum absolute atomic E-state index is 0.172. The Morgan fingerprint density at radius 2 is 2.00 bits per heavy atom. The van der Waals surface area contributed by atoms with Gasteiger partial charge in [-0.05, 0) is 56.5 Å². The monoisotopic (exact) mass is 345 g/mol. The van der Waals surface area contributed by atoms with Crippen LogP contribution in [0.3, 0.4) is 0 Å². The number of carbonyl (C=O) groups excluding carboxylic acids is 2. The number of nitrogens with zero attached hydrogens (tertiary/aromatic N) is 3. The Balaban J connectivity index is 1.39. The Bertz CT molecular complexity index is 799. The summed E-state index contributed by atoms with van der Waals surface area (Å²) in [4.78, 5) is 25.9. The van der Waals surface area contributed by atoms with Crippen LogP contribution in [0.1, 0.15) is 25.3 Å². The Kier molecular flexibility index (Phi) is 3.73. The second-order valence-corrected chi connectivity index (χ2v) is 7.28. The summed E-state index contributed by atoms with van der Waals surface area (Å²) in [7, 11) is 0. The molecular weight excluding hydrogens is 326 g/mol. The number of piperidine rings is 1. The summed E-state index contributed by atoms with van der Waals surface area (Å²) in [6.07, 6.45) is 1.79. The molecular formula is C16H19N5O2S. The molecule has 2 aliphatic rings. The molecule has 2 N–H and O–H groups in total. The lowest BCUT2D eigenvalue weighted by Crippen LogP contribution is -2.53. The van der Waals surface area contributed by atoms with Crippen LogP contribution in [0, 0.1) is 5.92 Å². The fourth-order valence-corrected chi connectivity index (χ4v) is 4.21. The van der Waals surface area contributed by atoms with E-state index in [1.54, 1.807) is 0 Å². The molecule has 3 heterocycles. The van der Waals surface area contributed by atoms with Crippen LogP contribution in [0.4, 0.5) is 4.79 Å². The fraction of sp³-hybridized carbons (Fsp3) is 0.500. The van der Waals surface area contributed by atoms with Gasteiger partial charge in [-0.3, -0.25) is 15.0 Å². The minimum atomic E-state index is -0.769. The maximum atomic E-state index is 12.1. The first-order valence-electron chi connectivity index (χ1n) is 8.12. The second kappa shape index (κ2) is 5.78. The molecule has 1 aromatic carbocycles. The van der Waals surface area contributed by atoms with Crippen molar-refractivity contribution in [1.29, 1.82) is 0 Å². The fourth-order valence-electron chi connectivity index (χ4n) is 3.70. The van der Waals surface area contributed by atoms with E-state index in [0.717, 1.165) is 43.5 Å². The highest BCUT2D eigenvalue weighted by Gasteiger charge is 2.48. The molecule has 2 aromatic rings. The normalized spacial score (nSPS) is 25.9. The van der Waals surface area contributed by atoms with Crippen molar-refractivity contribution in [3.63, 3.8) is 0 Å². The summed E-state index contributed by atoms with van der Waals surface area (Å²) in [5.41, 5.74) is 2.35. The van der Waals surface area contributed by atoms with Gasteiger partial charge in [-0.2, -0.15) is 8.75 Å². The summed E-state index contributed by atoms with van der Waals surface area (Å²) < 4.78 is 8.51. The lowest BCUT2D eigenvalue weighted by molar-refractivity contribution is -0.125. The van der Waals surface area contributed by atoms with Gasteiger partial charge in [0.15, 0.2) is 0 Å². The topological polar surface area (TPSA) is 87.2 Å². The van der Waals surface area contributed by atoms with Gasteiger partial charge in [0.05, 0.1) is 11.7 Å². The smallest absolute Gasteiger partial charge is 0.322 e. The SMILES string of the molecule is CC1(C2CCN(Cc3ccc4nsnc4c3)CC2)NC(=O)NC1=O. The lowest BCUT2D eigenvalue weighted by Gasteiger charge is -2.38. The van der Waals surface area contributed by atoms with Gasteiger partial charge >= 0.3 is 6.03 Å². The summed E-state index contributed by atoms with van der Waals surface area (Å²) in [5, 5.41) is 5.15. The number of urea groups is 1. The first kappa shape index (κ1) is 15.5. The number of fused-ring (bicyclic) bond motifs is 1. The molecule has 2 saturated heterocycles. The van der Waals surface area contributed by atoms with Gasteiger partial charge in [0.25, 0.3) is 5.91 Å². The van der Waals surface area contributed by atoms with Crippen molar-refractivity contribution in [3.05, 3.63) is 23.8 Å². The van der Waals surface area contributed by atoms with Gasteiger partial charge in [-0.25, -0.2) is 4.79 Å². The lowest BCUT2D eigenvalue weighted by atomic mass is 9.79. The maximum absolute atomic E-state index is 12.1. The van der Waals surface area contributed by atoms with Crippen molar-refractivity contribution in [2.45, 2.75) is 31.8 Å². The largest absolute Gasteiger partial charge is 0.323 e. The summed E-state index contributed by atoms with van der Waals surface area (Å²) in [6.45, 7) is 4.53. The van der Waals surface area contributed by atoms with E-state index in [4.69, 9.17) is 0 Å². The molecule has 2 aliphatic heterocycles. The molecule has 1 atom stereocenters. The maximum Gasteiger partial charge on any atom is 0.322 e. The number of likely N-dealkylation sites (tertiary alicyclic amines) is 1. The van der Waals surface area contributed by atoms with Gasteiger partial charge < -0.3 is 5.32 Å². The van der Waals surface area contributed by atoms with E-state index in [-0.39, 0.29) is 17.9 Å². The van der Waals surface area contributed by atoms with Gasteiger partial charge in [0, 0.05) is 6.54 Å². The Morgan fingerprint density at radius 1 is 1.25 bits per heavy atom. The molecule has 0 aliphatic carbocycles. The molecule has 1 aromatic heterocycles. The van der Waals surface area contributed by atoms with Crippen molar-refractivity contribution < 1.29 is 9.59 Å². The van der Waals surface area contributed by atoms with E-state index < -0.39 is 5.54 Å². The van der Waals surface area contributed by atoms with E-state index in [0.29, 0.717) is 0 Å². The highest BCUT2D eigenvalue weighted by Crippen LogP contribution is 2.31. The first-order valence-corrected chi connectivity index (χ1v) is 8.85. The Morgan fingerprint density at radius 3 is 2.71 bits per heavy atom. The predicted octanol–water partition coefficient (Wildman–Crippen LogP) is 1.50. The van der Waals surface area contributed by atoms with Crippen molar-refractivity contribution in [2.24, 2.45) is 5.92 Å². The zero-order valence-electron chi connectivity index (χ0n) is 13.4. The molecule has 4 rings (SSSR count). The number of imide groups is 1. The molecule has 24 heavy (non-hydrogen) atoms. The van der Waals surface area contributed by atoms with Gasteiger partial charge in [-0.1, -0.05) is 6.07 Å². The first-order chi connectivity index (χ1) is 11.5. The molecule has 0 spiro atoms. The molecule has 126 valence electrons. The molecule has 0 saturated carbocycles. The second-order valence-electron chi connectivity index (χ2n) is 6.75. The summed E-state index contributed by atoms with van der Waals surface area (Å²) in [6, 6.07) is 5.83. The highest BCUT2D eigenvalue weighted by atomic mass is 32.1. The molecule has 2 fully saturated rings. The molecule has 0 bridgehead atoms. The van der Waals surface area contributed by atoms with Crippen molar-refractivity contribution in [3.8, 4) is 0 Å². The highest BCUT2D eigenvalue weighted by molar-refractivity contribution is 7.00. The van der Waals surface area contributed by atoms with Crippen LogP contribution < -0.4 is 10.6 Å². The van der Waals surface area contributed by atoms with Crippen LogP contribution >= 0.6 is 11.7 Å². The predicted molar refractivity (Wildman–Crippen MR) is 90.5 cm³/mol. The van der Waals surface area contributed by atoms with Crippen LogP contribution in [0.25, 0.3) is 11.0 Å². The van der Waals surface area contributed by atoms with Crippen molar-refractivity contribution in [2.75, 3.05) is 13.1 Å². The average Bonchev–Trinajstić information content (AvgIpc) is 3.12. The molecule has 0 radical (unpaired) electrons. The van der Waals surface area contributed by atoms with E-state index >= 15 is 0 Å². The molecule has 7 nitrogen and oxygen atoms in total. The number of rotatable bonds is 3.